The fourth-order valence-corrected chi connectivity index (χ4v) is 2.73. The summed E-state index contributed by atoms with van der Waals surface area (Å²) >= 11 is 12.3. The molecule has 2 rings (SSSR count). The van der Waals surface area contributed by atoms with E-state index in [1.165, 1.54) is 24.3 Å². The molecule has 2 aromatic rings. The molecule has 0 amide bonds. The molecule has 3 nitrogen and oxygen atoms in total. The summed E-state index contributed by atoms with van der Waals surface area (Å²) < 4.78 is 37.9. The average Bonchev–Trinajstić information content (AvgIpc) is 2.49. The predicted molar refractivity (Wildman–Crippen MR) is 88.0 cm³/mol. The van der Waals surface area contributed by atoms with E-state index in [9.17, 15) is 18.0 Å². The van der Waals surface area contributed by atoms with Gasteiger partial charge in [-0.05, 0) is 29.8 Å². The van der Waals surface area contributed by atoms with Crippen LogP contribution in [-0.4, -0.2) is 11.1 Å². The van der Waals surface area contributed by atoms with E-state index in [1.807, 2.05) is 0 Å². The zero-order chi connectivity index (χ0) is 18.1. The first kappa shape index (κ1) is 18.2. The molecule has 0 aliphatic carbocycles. The maximum atomic E-state index is 12.6. The van der Waals surface area contributed by atoms with E-state index in [0.717, 1.165) is 18.2 Å². The first-order valence-electron chi connectivity index (χ1n) is 6.47. The van der Waals surface area contributed by atoms with Gasteiger partial charge in [-0.25, -0.2) is 4.79 Å². The number of carboxylic acids is 1. The Morgan fingerprint density at radius 3 is 2.25 bits per heavy atom. The maximum absolute atomic E-state index is 12.6. The number of nitrogens with two attached hydrogens (primary N) is 1. The van der Waals surface area contributed by atoms with Gasteiger partial charge in [-0.15, -0.1) is 0 Å². The second kappa shape index (κ2) is 6.75. The molecule has 24 heavy (non-hydrogen) atoms. The molecule has 0 spiro atoms. The number of alkyl halides is 3. The van der Waals surface area contributed by atoms with Crippen molar-refractivity contribution in [3.63, 3.8) is 0 Å². The van der Waals surface area contributed by atoms with E-state index >= 15 is 0 Å². The van der Waals surface area contributed by atoms with Gasteiger partial charge in [0.15, 0.2) is 0 Å². The van der Waals surface area contributed by atoms with Crippen molar-refractivity contribution < 1.29 is 23.1 Å². The molecule has 0 aliphatic rings. The number of carbonyl (C=O) groups is 1. The lowest BCUT2D eigenvalue weighted by atomic mass is 10.0. The van der Waals surface area contributed by atoms with Crippen molar-refractivity contribution in [2.24, 2.45) is 0 Å². The molecule has 2 aromatic carbocycles. The largest absolute Gasteiger partial charge is 0.478 e. The Bertz CT molecular complexity index is 816. The van der Waals surface area contributed by atoms with Crippen LogP contribution in [0.15, 0.2) is 36.4 Å². The highest BCUT2D eigenvalue weighted by molar-refractivity contribution is 6.41. The van der Waals surface area contributed by atoms with Crippen molar-refractivity contribution in [2.45, 2.75) is 6.18 Å². The average molecular weight is 376 g/mol. The molecule has 3 N–H and O–H groups in total. The van der Waals surface area contributed by atoms with E-state index in [0.29, 0.717) is 11.1 Å². The van der Waals surface area contributed by atoms with Crippen LogP contribution >= 0.6 is 23.2 Å². The van der Waals surface area contributed by atoms with Crippen LogP contribution in [0.2, 0.25) is 10.0 Å². The molecule has 0 aromatic heterocycles. The highest BCUT2D eigenvalue weighted by Gasteiger charge is 2.30. The normalized spacial score (nSPS) is 11.9. The van der Waals surface area contributed by atoms with Gasteiger partial charge in [0.25, 0.3) is 0 Å². The van der Waals surface area contributed by atoms with Crippen molar-refractivity contribution in [1.82, 2.24) is 0 Å². The summed E-state index contributed by atoms with van der Waals surface area (Å²) in [6.45, 7) is 0. The third-order valence-electron chi connectivity index (χ3n) is 3.19. The number of anilines is 1. The molecule has 126 valence electrons. The summed E-state index contributed by atoms with van der Waals surface area (Å²) in [6, 6.07) is 5.70. The third kappa shape index (κ3) is 3.83. The van der Waals surface area contributed by atoms with E-state index in [2.05, 4.69) is 0 Å². The summed E-state index contributed by atoms with van der Waals surface area (Å²) in [7, 11) is 0. The second-order valence-corrected chi connectivity index (χ2v) is 5.58. The monoisotopic (exact) mass is 375 g/mol. The molecule has 0 fully saturated rings. The van der Waals surface area contributed by atoms with E-state index < -0.39 is 17.7 Å². The molecule has 0 saturated carbocycles. The molecular formula is C16H10Cl2F3NO2. The summed E-state index contributed by atoms with van der Waals surface area (Å²) in [6.07, 6.45) is -2.35. The van der Waals surface area contributed by atoms with Crippen molar-refractivity contribution in [3.05, 3.63) is 57.6 Å². The van der Waals surface area contributed by atoms with Crippen LogP contribution in [0, 0.1) is 0 Å². The molecule has 0 heterocycles. The van der Waals surface area contributed by atoms with E-state index in [-0.39, 0.29) is 21.3 Å². The topological polar surface area (TPSA) is 63.3 Å². The lowest BCUT2D eigenvalue weighted by Crippen LogP contribution is -2.04. The fourth-order valence-electron chi connectivity index (χ4n) is 2.04. The van der Waals surface area contributed by atoms with Crippen molar-refractivity contribution >= 4 is 40.9 Å². The third-order valence-corrected chi connectivity index (χ3v) is 3.89. The lowest BCUT2D eigenvalue weighted by Gasteiger charge is -2.13. The van der Waals surface area contributed by atoms with Gasteiger partial charge in [-0.1, -0.05) is 35.3 Å². The molecule has 0 atom stereocenters. The van der Waals surface area contributed by atoms with Gasteiger partial charge in [0.1, 0.15) is 0 Å². The van der Waals surface area contributed by atoms with Gasteiger partial charge in [0.05, 0.1) is 21.3 Å². The van der Waals surface area contributed by atoms with Crippen LogP contribution in [0.5, 0.6) is 0 Å². The van der Waals surface area contributed by atoms with Crippen LogP contribution in [0.3, 0.4) is 0 Å². The van der Waals surface area contributed by atoms with Crippen LogP contribution in [0.4, 0.5) is 18.9 Å². The number of halogens is 5. The Labute approximate surface area is 145 Å². The van der Waals surface area contributed by atoms with Crippen molar-refractivity contribution in [1.29, 1.82) is 0 Å². The quantitative estimate of drug-likeness (QED) is 0.560. The first-order chi connectivity index (χ1) is 11.1. The Kier molecular flexibility index (Phi) is 5.11. The number of rotatable bonds is 3. The fraction of sp³-hybridized carbons (Fsp3) is 0.0625. The number of hydrogen-bond donors (Lipinski definition) is 2. The number of aliphatic carboxylic acids is 1. The molecule has 0 aliphatic heterocycles. The van der Waals surface area contributed by atoms with E-state index in [1.54, 1.807) is 0 Å². The first-order valence-corrected chi connectivity index (χ1v) is 7.23. The van der Waals surface area contributed by atoms with Crippen LogP contribution < -0.4 is 5.73 Å². The van der Waals surface area contributed by atoms with Gasteiger partial charge < -0.3 is 10.8 Å². The Balaban J connectivity index is 2.52. The van der Waals surface area contributed by atoms with Crippen molar-refractivity contribution in [3.8, 4) is 11.1 Å². The maximum Gasteiger partial charge on any atom is 0.416 e. The minimum absolute atomic E-state index is 0.0345. The Morgan fingerprint density at radius 1 is 1.17 bits per heavy atom. The Morgan fingerprint density at radius 2 is 1.75 bits per heavy atom. The molecular weight excluding hydrogens is 366 g/mol. The molecule has 0 unspecified atom stereocenters. The smallest absolute Gasteiger partial charge is 0.416 e. The zero-order valence-corrected chi connectivity index (χ0v) is 13.4. The highest BCUT2D eigenvalue weighted by Crippen LogP contribution is 2.41. The SMILES string of the molecule is Nc1c(C=CC(=O)O)cc(Cl)c(-c2ccc(C(F)(F)F)cc2)c1Cl. The lowest BCUT2D eigenvalue weighted by molar-refractivity contribution is -0.137. The van der Waals surface area contributed by atoms with Gasteiger partial charge >= 0.3 is 12.1 Å². The zero-order valence-electron chi connectivity index (χ0n) is 11.9. The molecule has 0 radical (unpaired) electrons. The van der Waals surface area contributed by atoms with Crippen LogP contribution in [-0.2, 0) is 11.0 Å². The van der Waals surface area contributed by atoms with Gasteiger partial charge in [0, 0.05) is 17.2 Å². The minimum atomic E-state index is -4.45. The van der Waals surface area contributed by atoms with E-state index in [4.69, 9.17) is 34.0 Å². The number of carboxylic acid groups (broad SMARTS) is 1. The molecule has 0 saturated heterocycles. The van der Waals surface area contributed by atoms with Crippen LogP contribution in [0.25, 0.3) is 17.2 Å². The highest BCUT2D eigenvalue weighted by atomic mass is 35.5. The van der Waals surface area contributed by atoms with Gasteiger partial charge in [-0.2, -0.15) is 13.2 Å². The van der Waals surface area contributed by atoms with Crippen LogP contribution in [0.1, 0.15) is 11.1 Å². The summed E-state index contributed by atoms with van der Waals surface area (Å²) in [4.78, 5) is 10.6. The number of benzene rings is 2. The standard InChI is InChI=1S/C16H10Cl2F3NO2/c17-11-7-9(3-6-12(23)24)15(22)14(18)13(11)8-1-4-10(5-2-8)16(19,20)21/h1-7H,22H2,(H,23,24). The summed E-state index contributed by atoms with van der Waals surface area (Å²) in [5.41, 5.74) is 6.07. The minimum Gasteiger partial charge on any atom is -0.478 e. The second-order valence-electron chi connectivity index (χ2n) is 4.80. The predicted octanol–water partition coefficient (Wildman–Crippen LogP) is 5.36. The van der Waals surface area contributed by atoms with Gasteiger partial charge in [-0.3, -0.25) is 0 Å². The van der Waals surface area contributed by atoms with Gasteiger partial charge in [0.2, 0.25) is 0 Å². The summed E-state index contributed by atoms with van der Waals surface area (Å²) in [5, 5.41) is 8.82. The molecule has 8 heteroatoms. The number of hydrogen-bond acceptors (Lipinski definition) is 2. The van der Waals surface area contributed by atoms with Crippen molar-refractivity contribution in [2.75, 3.05) is 5.73 Å². The summed E-state index contributed by atoms with van der Waals surface area (Å²) in [5.74, 6) is -1.17. The number of nitrogen functional groups attached to an aromatic ring is 1. The Hall–Kier alpha value is -2.18. The molecule has 0 bridgehead atoms.